The number of benzene rings is 1. The Labute approximate surface area is 197 Å². The van der Waals surface area contributed by atoms with Crippen LogP contribution in [0, 0.1) is 11.3 Å². The number of amides is 1. The molecule has 2 heterocycles. The predicted octanol–water partition coefficient (Wildman–Crippen LogP) is 4.39. The Morgan fingerprint density at radius 2 is 1.88 bits per heavy atom. The van der Waals surface area contributed by atoms with Crippen LogP contribution in [-0.4, -0.2) is 30.0 Å². The molecule has 0 unspecified atom stereocenters. The van der Waals surface area contributed by atoms with E-state index < -0.39 is 10.0 Å². The number of nitriles is 1. The fourth-order valence-corrected chi connectivity index (χ4v) is 4.70. The Hall–Kier alpha value is -3.42. The normalized spacial score (nSPS) is 11.1. The number of sulfonamides is 1. The van der Waals surface area contributed by atoms with Gasteiger partial charge in [0.25, 0.3) is 10.0 Å². The molecule has 1 amide bonds. The Morgan fingerprint density at radius 1 is 1.12 bits per heavy atom. The smallest absolute Gasteiger partial charge is 0.263 e. The lowest BCUT2D eigenvalue weighted by molar-refractivity contribution is -0.115. The first-order valence-electron chi connectivity index (χ1n) is 10.2. The van der Waals surface area contributed by atoms with Crippen LogP contribution in [0.1, 0.15) is 37.4 Å². The number of pyridine rings is 2. The monoisotopic (exact) mass is 481 g/mol. The van der Waals surface area contributed by atoms with E-state index in [4.69, 9.17) is 0 Å². The van der Waals surface area contributed by atoms with Crippen LogP contribution in [0.25, 0.3) is 0 Å². The molecule has 0 radical (unpaired) electrons. The molecule has 8 nitrogen and oxygen atoms in total. The van der Waals surface area contributed by atoms with Crippen LogP contribution in [0.4, 0.5) is 11.5 Å². The van der Waals surface area contributed by atoms with E-state index >= 15 is 0 Å². The zero-order chi connectivity index (χ0) is 23.8. The van der Waals surface area contributed by atoms with Crippen molar-refractivity contribution in [2.24, 2.45) is 0 Å². The lowest BCUT2D eigenvalue weighted by atomic mass is 10.1. The van der Waals surface area contributed by atoms with E-state index in [1.807, 2.05) is 19.9 Å². The van der Waals surface area contributed by atoms with Gasteiger partial charge in [-0.05, 0) is 54.4 Å². The summed E-state index contributed by atoms with van der Waals surface area (Å²) < 4.78 is 27.3. The number of aromatic nitrogens is 2. The number of carbonyl (C=O) groups excluding carboxylic acids is 1. The predicted molar refractivity (Wildman–Crippen MR) is 128 cm³/mol. The summed E-state index contributed by atoms with van der Waals surface area (Å²) in [4.78, 5) is 20.8. The third-order valence-corrected chi connectivity index (χ3v) is 6.88. The standard InChI is InChI=1S/C23H23N5O3S2/c1-16(2)20-11-6-17(15-24)23(27-20)32-14-12-22(29)26-18-7-9-19(10-8-18)33(30,31)28-21-5-3-4-13-25-21/h3-11,13,16H,12,14H2,1-2H3,(H,25,28)(H,26,29). The van der Waals surface area contributed by atoms with Gasteiger partial charge in [0.2, 0.25) is 5.91 Å². The number of hydrogen-bond acceptors (Lipinski definition) is 7. The molecule has 3 rings (SSSR count). The van der Waals surface area contributed by atoms with Gasteiger partial charge in [-0.3, -0.25) is 9.52 Å². The van der Waals surface area contributed by atoms with Gasteiger partial charge in [-0.15, -0.1) is 11.8 Å². The van der Waals surface area contributed by atoms with Crippen molar-refractivity contribution in [3.8, 4) is 6.07 Å². The molecule has 2 aromatic heterocycles. The van der Waals surface area contributed by atoms with E-state index in [9.17, 15) is 18.5 Å². The van der Waals surface area contributed by atoms with Crippen molar-refractivity contribution in [2.75, 3.05) is 15.8 Å². The minimum absolute atomic E-state index is 0.0573. The molecule has 0 saturated carbocycles. The van der Waals surface area contributed by atoms with Gasteiger partial charge in [0, 0.05) is 29.8 Å². The average molecular weight is 482 g/mol. The summed E-state index contributed by atoms with van der Waals surface area (Å²) in [7, 11) is -3.78. The zero-order valence-electron chi connectivity index (χ0n) is 18.1. The Balaban J connectivity index is 1.55. The summed E-state index contributed by atoms with van der Waals surface area (Å²) in [5.41, 5.74) is 1.87. The maximum atomic E-state index is 12.5. The van der Waals surface area contributed by atoms with Crippen molar-refractivity contribution in [1.82, 2.24) is 9.97 Å². The molecule has 0 aliphatic carbocycles. The van der Waals surface area contributed by atoms with E-state index in [1.165, 1.54) is 42.2 Å². The van der Waals surface area contributed by atoms with Crippen LogP contribution in [0.2, 0.25) is 0 Å². The molecular weight excluding hydrogens is 458 g/mol. The lowest BCUT2D eigenvalue weighted by Gasteiger charge is -2.10. The number of anilines is 2. The van der Waals surface area contributed by atoms with Crippen molar-refractivity contribution in [3.05, 3.63) is 72.1 Å². The van der Waals surface area contributed by atoms with Gasteiger partial charge in [-0.1, -0.05) is 19.9 Å². The molecule has 0 bridgehead atoms. The molecule has 0 fully saturated rings. The SMILES string of the molecule is CC(C)c1ccc(C#N)c(SCCC(=O)Nc2ccc(S(=O)(=O)Nc3ccccn3)cc2)n1. The van der Waals surface area contributed by atoms with E-state index in [0.29, 0.717) is 22.0 Å². The number of nitrogens with zero attached hydrogens (tertiary/aromatic N) is 3. The fraction of sp³-hybridized carbons (Fsp3) is 0.217. The fourth-order valence-electron chi connectivity index (χ4n) is 2.77. The third kappa shape index (κ3) is 6.78. The Kier molecular flexibility index (Phi) is 8.03. The van der Waals surface area contributed by atoms with Crippen LogP contribution in [0.15, 0.2) is 70.7 Å². The van der Waals surface area contributed by atoms with Crippen LogP contribution >= 0.6 is 11.8 Å². The number of hydrogen-bond donors (Lipinski definition) is 2. The molecule has 170 valence electrons. The molecule has 0 spiro atoms. The van der Waals surface area contributed by atoms with Crippen LogP contribution in [0.5, 0.6) is 0 Å². The zero-order valence-corrected chi connectivity index (χ0v) is 19.8. The molecule has 3 aromatic rings. The van der Waals surface area contributed by atoms with E-state index in [2.05, 4.69) is 26.1 Å². The number of rotatable bonds is 9. The highest BCUT2D eigenvalue weighted by atomic mass is 32.2. The summed E-state index contributed by atoms with van der Waals surface area (Å²) in [6, 6.07) is 16.5. The third-order valence-electron chi connectivity index (χ3n) is 4.51. The van der Waals surface area contributed by atoms with Crippen LogP contribution in [0.3, 0.4) is 0 Å². The number of nitrogens with one attached hydrogen (secondary N) is 2. The number of carbonyl (C=O) groups is 1. The van der Waals surface area contributed by atoms with Gasteiger partial charge >= 0.3 is 0 Å². The maximum absolute atomic E-state index is 12.5. The minimum atomic E-state index is -3.78. The quantitative estimate of drug-likeness (QED) is 0.434. The summed E-state index contributed by atoms with van der Waals surface area (Å²) in [6.45, 7) is 4.06. The number of thioether (sulfide) groups is 1. The second-order valence-electron chi connectivity index (χ2n) is 7.35. The van der Waals surface area contributed by atoms with E-state index in [0.717, 1.165) is 5.69 Å². The molecule has 10 heteroatoms. The summed E-state index contributed by atoms with van der Waals surface area (Å²) >= 11 is 1.36. The van der Waals surface area contributed by atoms with E-state index in [-0.39, 0.29) is 29.0 Å². The molecular formula is C23H23N5O3S2. The van der Waals surface area contributed by atoms with Crippen molar-refractivity contribution in [3.63, 3.8) is 0 Å². The highest BCUT2D eigenvalue weighted by Crippen LogP contribution is 2.24. The van der Waals surface area contributed by atoms with Crippen molar-refractivity contribution >= 4 is 39.2 Å². The molecule has 2 N–H and O–H groups in total. The second-order valence-corrected chi connectivity index (χ2v) is 10.1. The largest absolute Gasteiger partial charge is 0.326 e. The highest BCUT2D eigenvalue weighted by Gasteiger charge is 2.15. The summed E-state index contributed by atoms with van der Waals surface area (Å²) in [5.74, 6) is 0.699. The first kappa shape index (κ1) is 24.2. The summed E-state index contributed by atoms with van der Waals surface area (Å²) in [5, 5.41) is 12.6. The first-order valence-corrected chi connectivity index (χ1v) is 12.6. The van der Waals surface area contributed by atoms with E-state index in [1.54, 1.807) is 24.3 Å². The topological polar surface area (TPSA) is 125 Å². The molecule has 1 aromatic carbocycles. The van der Waals surface area contributed by atoms with Gasteiger partial charge in [0.1, 0.15) is 16.9 Å². The Bertz CT molecular complexity index is 1260. The second kappa shape index (κ2) is 10.9. The lowest BCUT2D eigenvalue weighted by Crippen LogP contribution is -2.15. The molecule has 0 atom stereocenters. The van der Waals surface area contributed by atoms with Gasteiger partial charge in [-0.25, -0.2) is 18.4 Å². The first-order chi connectivity index (χ1) is 15.8. The minimum Gasteiger partial charge on any atom is -0.326 e. The molecule has 33 heavy (non-hydrogen) atoms. The molecule has 0 aliphatic heterocycles. The Morgan fingerprint density at radius 3 is 2.52 bits per heavy atom. The van der Waals surface area contributed by atoms with Gasteiger partial charge in [0.15, 0.2) is 0 Å². The van der Waals surface area contributed by atoms with Crippen molar-refractivity contribution < 1.29 is 13.2 Å². The average Bonchev–Trinajstić information content (AvgIpc) is 2.79. The van der Waals surface area contributed by atoms with Gasteiger partial charge < -0.3 is 5.32 Å². The highest BCUT2D eigenvalue weighted by molar-refractivity contribution is 7.99. The van der Waals surface area contributed by atoms with Crippen LogP contribution in [-0.2, 0) is 14.8 Å². The maximum Gasteiger partial charge on any atom is 0.263 e. The van der Waals surface area contributed by atoms with Gasteiger partial charge in [-0.2, -0.15) is 5.26 Å². The molecule has 0 aliphatic rings. The van der Waals surface area contributed by atoms with Crippen molar-refractivity contribution in [1.29, 1.82) is 5.26 Å². The van der Waals surface area contributed by atoms with Crippen molar-refractivity contribution in [2.45, 2.75) is 36.1 Å². The van der Waals surface area contributed by atoms with Crippen LogP contribution < -0.4 is 10.0 Å². The van der Waals surface area contributed by atoms with Gasteiger partial charge in [0.05, 0.1) is 10.5 Å². The summed E-state index contributed by atoms with van der Waals surface area (Å²) in [6.07, 6.45) is 1.71. The molecule has 0 saturated heterocycles.